The van der Waals surface area contributed by atoms with Crippen LogP contribution in [0.3, 0.4) is 0 Å². The molecule has 3 rings (SSSR count). The predicted molar refractivity (Wildman–Crippen MR) is 109 cm³/mol. The second-order valence-corrected chi connectivity index (χ2v) is 7.31. The third-order valence-electron chi connectivity index (χ3n) is 4.30. The van der Waals surface area contributed by atoms with Gasteiger partial charge in [-0.3, -0.25) is 9.67 Å². The van der Waals surface area contributed by atoms with Crippen LogP contribution >= 0.6 is 35.3 Å². The van der Waals surface area contributed by atoms with Crippen LogP contribution in [0.2, 0.25) is 0 Å². The number of likely N-dealkylation sites (tertiary alicyclic amines) is 1. The molecule has 8 heteroatoms. The Hall–Kier alpha value is -1.16. The minimum Gasteiger partial charge on any atom is -0.351 e. The normalized spacial score (nSPS) is 17.9. The van der Waals surface area contributed by atoms with Gasteiger partial charge in [0.2, 0.25) is 0 Å². The summed E-state index contributed by atoms with van der Waals surface area (Å²) in [6.45, 7) is 6.93. The van der Waals surface area contributed by atoms with Gasteiger partial charge in [-0.25, -0.2) is 4.98 Å². The van der Waals surface area contributed by atoms with Gasteiger partial charge < -0.3 is 10.2 Å². The number of guanidine groups is 1. The van der Waals surface area contributed by atoms with Crippen molar-refractivity contribution in [1.82, 2.24) is 25.0 Å². The standard InChI is InChI=1S/C16H24N6S.HI/c1-11-15(23-12(2)20-11)8-18-16(17-3)22-6-5-13(10-22)14-7-19-21(4)9-14;/h7,9,13H,5-6,8,10H2,1-4H3,(H,17,18);1H. The average molecular weight is 460 g/mol. The molecule has 1 unspecified atom stereocenters. The molecule has 1 aliphatic rings. The fourth-order valence-corrected chi connectivity index (χ4v) is 3.98. The van der Waals surface area contributed by atoms with E-state index >= 15 is 0 Å². The van der Waals surface area contributed by atoms with Gasteiger partial charge in [0, 0.05) is 44.2 Å². The van der Waals surface area contributed by atoms with Gasteiger partial charge in [0.25, 0.3) is 0 Å². The van der Waals surface area contributed by atoms with Gasteiger partial charge in [0.1, 0.15) is 0 Å². The van der Waals surface area contributed by atoms with Crippen LogP contribution in [0.5, 0.6) is 0 Å². The summed E-state index contributed by atoms with van der Waals surface area (Å²) in [4.78, 5) is 12.6. The molecule has 0 bridgehead atoms. The summed E-state index contributed by atoms with van der Waals surface area (Å²) in [6, 6.07) is 0. The molecule has 0 radical (unpaired) electrons. The highest BCUT2D eigenvalue weighted by Gasteiger charge is 2.26. The molecule has 132 valence electrons. The smallest absolute Gasteiger partial charge is 0.193 e. The van der Waals surface area contributed by atoms with E-state index in [0.717, 1.165) is 42.7 Å². The Morgan fingerprint density at radius 2 is 2.25 bits per heavy atom. The zero-order chi connectivity index (χ0) is 16.4. The fraction of sp³-hybridized carbons (Fsp3) is 0.562. The largest absolute Gasteiger partial charge is 0.351 e. The Labute approximate surface area is 164 Å². The minimum atomic E-state index is 0. The number of hydrogen-bond acceptors (Lipinski definition) is 4. The van der Waals surface area contributed by atoms with E-state index < -0.39 is 0 Å². The molecular formula is C16H25IN6S. The Morgan fingerprint density at radius 1 is 1.46 bits per heavy atom. The van der Waals surface area contributed by atoms with E-state index in [1.54, 1.807) is 11.3 Å². The highest BCUT2D eigenvalue weighted by atomic mass is 127. The first-order valence-corrected chi connectivity index (χ1v) is 8.75. The maximum Gasteiger partial charge on any atom is 0.193 e. The van der Waals surface area contributed by atoms with E-state index in [0.29, 0.717) is 5.92 Å². The number of aliphatic imine (C=N–C) groups is 1. The van der Waals surface area contributed by atoms with Crippen molar-refractivity contribution in [3.05, 3.63) is 33.5 Å². The van der Waals surface area contributed by atoms with Crippen molar-refractivity contribution in [3.63, 3.8) is 0 Å². The van der Waals surface area contributed by atoms with Crippen molar-refractivity contribution in [1.29, 1.82) is 0 Å². The number of thiazole rings is 1. The summed E-state index contributed by atoms with van der Waals surface area (Å²) in [5.74, 6) is 1.51. The monoisotopic (exact) mass is 460 g/mol. The summed E-state index contributed by atoms with van der Waals surface area (Å²) in [5.41, 5.74) is 2.43. The van der Waals surface area contributed by atoms with Gasteiger partial charge in [-0.15, -0.1) is 35.3 Å². The lowest BCUT2D eigenvalue weighted by Crippen LogP contribution is -2.39. The first kappa shape index (κ1) is 19.2. The van der Waals surface area contributed by atoms with Gasteiger partial charge in [-0.2, -0.15) is 5.10 Å². The summed E-state index contributed by atoms with van der Waals surface area (Å²) < 4.78 is 1.87. The Kier molecular flexibility index (Phi) is 6.62. The SMILES string of the molecule is CN=C(NCc1sc(C)nc1C)N1CCC(c2cnn(C)c2)C1.I. The molecule has 1 atom stereocenters. The lowest BCUT2D eigenvalue weighted by atomic mass is 10.0. The third-order valence-corrected chi connectivity index (χ3v) is 5.38. The van der Waals surface area contributed by atoms with Gasteiger partial charge in [-0.05, 0) is 25.8 Å². The maximum absolute atomic E-state index is 4.48. The molecular weight excluding hydrogens is 435 g/mol. The average Bonchev–Trinajstić information content (AvgIpc) is 3.21. The van der Waals surface area contributed by atoms with E-state index in [9.17, 15) is 0 Å². The van der Waals surface area contributed by atoms with Gasteiger partial charge in [-0.1, -0.05) is 0 Å². The van der Waals surface area contributed by atoms with Crippen LogP contribution < -0.4 is 5.32 Å². The molecule has 0 saturated carbocycles. The van der Waals surface area contributed by atoms with Crippen molar-refractivity contribution in [2.75, 3.05) is 20.1 Å². The fourth-order valence-electron chi connectivity index (χ4n) is 3.10. The molecule has 0 aliphatic carbocycles. The van der Waals surface area contributed by atoms with Crippen LogP contribution in [0.15, 0.2) is 17.4 Å². The number of nitrogens with one attached hydrogen (secondary N) is 1. The Balaban J connectivity index is 0.00000208. The topological polar surface area (TPSA) is 58.3 Å². The molecule has 1 saturated heterocycles. The van der Waals surface area contributed by atoms with E-state index in [1.807, 2.05) is 25.0 Å². The van der Waals surface area contributed by atoms with Gasteiger partial charge >= 0.3 is 0 Å². The Morgan fingerprint density at radius 3 is 2.83 bits per heavy atom. The number of nitrogens with zero attached hydrogens (tertiary/aromatic N) is 5. The van der Waals surface area contributed by atoms with Crippen molar-refractivity contribution in [3.8, 4) is 0 Å². The van der Waals surface area contributed by atoms with Gasteiger partial charge in [0.05, 0.1) is 23.4 Å². The summed E-state index contributed by atoms with van der Waals surface area (Å²) in [6.07, 6.45) is 5.24. The van der Waals surface area contributed by atoms with Crippen LogP contribution in [-0.2, 0) is 13.6 Å². The minimum absolute atomic E-state index is 0. The van der Waals surface area contributed by atoms with Crippen molar-refractivity contribution >= 4 is 41.3 Å². The number of aromatic nitrogens is 3. The number of aryl methyl sites for hydroxylation is 3. The highest BCUT2D eigenvalue weighted by molar-refractivity contribution is 14.0. The second kappa shape index (κ2) is 8.28. The molecule has 2 aromatic rings. The molecule has 24 heavy (non-hydrogen) atoms. The van der Waals surface area contributed by atoms with Crippen molar-refractivity contribution < 1.29 is 0 Å². The first-order chi connectivity index (χ1) is 11.1. The summed E-state index contributed by atoms with van der Waals surface area (Å²) >= 11 is 1.75. The number of halogens is 1. The van der Waals surface area contributed by atoms with E-state index in [4.69, 9.17) is 0 Å². The van der Waals surface area contributed by atoms with Crippen LogP contribution in [0.4, 0.5) is 0 Å². The predicted octanol–water partition coefficient (Wildman–Crippen LogP) is 2.68. The quantitative estimate of drug-likeness (QED) is 0.435. The summed E-state index contributed by atoms with van der Waals surface area (Å²) in [7, 11) is 3.82. The molecule has 0 aromatic carbocycles. The van der Waals surface area contributed by atoms with E-state index in [2.05, 4.69) is 45.3 Å². The molecule has 0 spiro atoms. The van der Waals surface area contributed by atoms with Crippen molar-refractivity contribution in [2.24, 2.45) is 12.0 Å². The molecule has 3 heterocycles. The number of rotatable bonds is 3. The number of hydrogen-bond donors (Lipinski definition) is 1. The zero-order valence-electron chi connectivity index (χ0n) is 14.6. The molecule has 6 nitrogen and oxygen atoms in total. The Bertz CT molecular complexity index is 707. The van der Waals surface area contributed by atoms with Crippen molar-refractivity contribution in [2.45, 2.75) is 32.7 Å². The third kappa shape index (κ3) is 4.27. The molecule has 2 aromatic heterocycles. The molecule has 0 amide bonds. The lowest BCUT2D eigenvalue weighted by Gasteiger charge is -2.21. The zero-order valence-corrected chi connectivity index (χ0v) is 17.8. The van der Waals surface area contributed by atoms with Crippen LogP contribution in [-0.4, -0.2) is 45.8 Å². The second-order valence-electron chi connectivity index (χ2n) is 6.02. The lowest BCUT2D eigenvalue weighted by molar-refractivity contribution is 0.486. The van der Waals surface area contributed by atoms with Crippen LogP contribution in [0, 0.1) is 13.8 Å². The van der Waals surface area contributed by atoms with E-state index in [1.165, 1.54) is 10.4 Å². The van der Waals surface area contributed by atoms with Crippen LogP contribution in [0.25, 0.3) is 0 Å². The first-order valence-electron chi connectivity index (χ1n) is 7.94. The van der Waals surface area contributed by atoms with E-state index in [-0.39, 0.29) is 24.0 Å². The maximum atomic E-state index is 4.48. The summed E-state index contributed by atoms with van der Waals surface area (Å²) in [5, 5.41) is 8.89. The highest BCUT2D eigenvalue weighted by Crippen LogP contribution is 2.26. The van der Waals surface area contributed by atoms with Gasteiger partial charge in [0.15, 0.2) is 5.96 Å². The molecule has 1 fully saturated rings. The molecule has 1 aliphatic heterocycles. The van der Waals surface area contributed by atoms with Crippen LogP contribution in [0.1, 0.15) is 33.5 Å². The molecule has 1 N–H and O–H groups in total.